The molecule has 0 saturated heterocycles. The molecule has 3 aromatic rings. The third-order valence-electron chi connectivity index (χ3n) is 5.24. The monoisotopic (exact) mass is 420 g/mol. The summed E-state index contributed by atoms with van der Waals surface area (Å²) in [6.07, 6.45) is 0.919. The van der Waals surface area contributed by atoms with Crippen molar-refractivity contribution in [2.75, 3.05) is 5.32 Å². The molecular formula is C20H19F3N4OS. The number of rotatable bonds is 4. The minimum Gasteiger partial charge on any atom is -0.382 e. The topological polar surface area (TPSA) is 70.9 Å². The summed E-state index contributed by atoms with van der Waals surface area (Å²) in [6, 6.07) is 8.02. The van der Waals surface area contributed by atoms with Gasteiger partial charge in [-0.3, -0.25) is 0 Å². The van der Waals surface area contributed by atoms with Gasteiger partial charge in [-0.05, 0) is 48.9 Å². The second kappa shape index (κ2) is 7.38. The van der Waals surface area contributed by atoms with Crippen LogP contribution in [-0.4, -0.2) is 20.1 Å². The number of hydrogen-bond acceptors (Lipinski definition) is 6. The Hall–Kier alpha value is -2.52. The van der Waals surface area contributed by atoms with Crippen molar-refractivity contribution in [3.05, 3.63) is 53.4 Å². The first-order valence-electron chi connectivity index (χ1n) is 9.22. The second-order valence-electron chi connectivity index (χ2n) is 7.22. The Morgan fingerprint density at radius 1 is 1.24 bits per heavy atom. The van der Waals surface area contributed by atoms with Crippen molar-refractivity contribution < 1.29 is 18.3 Å². The Morgan fingerprint density at radius 3 is 2.79 bits per heavy atom. The SMILES string of the molecule is CC1CCCC1(O)c1ncc(-c2cccc(Nc3nccc(C(F)(F)F)n3)c2)s1. The molecule has 0 aliphatic heterocycles. The van der Waals surface area contributed by atoms with Crippen LogP contribution in [0, 0.1) is 5.92 Å². The lowest BCUT2D eigenvalue weighted by atomic mass is 9.93. The summed E-state index contributed by atoms with van der Waals surface area (Å²) < 4.78 is 38.5. The van der Waals surface area contributed by atoms with E-state index in [2.05, 4.69) is 20.3 Å². The van der Waals surface area contributed by atoms with Gasteiger partial charge in [0.2, 0.25) is 5.95 Å². The molecule has 1 aliphatic carbocycles. The fraction of sp³-hybridized carbons (Fsp3) is 0.350. The van der Waals surface area contributed by atoms with E-state index in [1.807, 2.05) is 13.0 Å². The summed E-state index contributed by atoms with van der Waals surface area (Å²) >= 11 is 1.44. The summed E-state index contributed by atoms with van der Waals surface area (Å²) in [5, 5.41) is 14.5. The van der Waals surface area contributed by atoms with E-state index < -0.39 is 17.5 Å². The molecule has 1 fully saturated rings. The minimum absolute atomic E-state index is 0.129. The summed E-state index contributed by atoms with van der Waals surface area (Å²) in [7, 11) is 0. The van der Waals surface area contributed by atoms with Crippen LogP contribution in [0.15, 0.2) is 42.7 Å². The summed E-state index contributed by atoms with van der Waals surface area (Å²) in [6.45, 7) is 2.04. The molecule has 5 nitrogen and oxygen atoms in total. The van der Waals surface area contributed by atoms with Crippen LogP contribution in [0.5, 0.6) is 0 Å². The maximum absolute atomic E-state index is 12.8. The van der Waals surface area contributed by atoms with E-state index >= 15 is 0 Å². The number of nitrogens with zero attached hydrogens (tertiary/aromatic N) is 3. The van der Waals surface area contributed by atoms with Crippen LogP contribution in [0.2, 0.25) is 0 Å². The molecule has 0 bridgehead atoms. The molecule has 1 aliphatic rings. The second-order valence-corrected chi connectivity index (χ2v) is 8.25. The third-order valence-corrected chi connectivity index (χ3v) is 6.45. The average molecular weight is 420 g/mol. The van der Waals surface area contributed by atoms with E-state index in [1.54, 1.807) is 24.4 Å². The van der Waals surface area contributed by atoms with E-state index in [4.69, 9.17) is 0 Å². The Morgan fingerprint density at radius 2 is 2.07 bits per heavy atom. The maximum Gasteiger partial charge on any atom is 0.433 e. The van der Waals surface area contributed by atoms with Crippen molar-refractivity contribution in [2.45, 2.75) is 38.0 Å². The fourth-order valence-corrected chi connectivity index (χ4v) is 4.69. The van der Waals surface area contributed by atoms with Gasteiger partial charge in [0.05, 0.1) is 4.88 Å². The Bertz CT molecular complexity index is 1020. The van der Waals surface area contributed by atoms with Crippen LogP contribution >= 0.6 is 11.3 Å². The predicted octanol–water partition coefficient (Wildman–Crippen LogP) is 5.37. The fourth-order valence-electron chi connectivity index (χ4n) is 3.54. The molecule has 2 aromatic heterocycles. The molecule has 1 saturated carbocycles. The van der Waals surface area contributed by atoms with Gasteiger partial charge in [0.1, 0.15) is 16.3 Å². The van der Waals surface area contributed by atoms with Crippen LogP contribution in [0.25, 0.3) is 10.4 Å². The number of benzene rings is 1. The molecule has 0 radical (unpaired) electrons. The van der Waals surface area contributed by atoms with Gasteiger partial charge < -0.3 is 10.4 Å². The number of hydrogen-bond donors (Lipinski definition) is 2. The molecule has 2 heterocycles. The van der Waals surface area contributed by atoms with Crippen molar-refractivity contribution in [1.29, 1.82) is 0 Å². The van der Waals surface area contributed by atoms with Crippen LogP contribution in [0.1, 0.15) is 36.9 Å². The normalized spacial score (nSPS) is 22.0. The molecule has 0 spiro atoms. The van der Waals surface area contributed by atoms with Crippen molar-refractivity contribution in [2.24, 2.45) is 5.92 Å². The first-order chi connectivity index (χ1) is 13.8. The molecule has 0 amide bonds. The molecule has 29 heavy (non-hydrogen) atoms. The summed E-state index contributed by atoms with van der Waals surface area (Å²) in [4.78, 5) is 12.7. The van der Waals surface area contributed by atoms with E-state index in [9.17, 15) is 18.3 Å². The molecule has 2 N–H and O–H groups in total. The van der Waals surface area contributed by atoms with Gasteiger partial charge >= 0.3 is 6.18 Å². The quantitative estimate of drug-likeness (QED) is 0.594. The molecule has 2 unspecified atom stereocenters. The Balaban J connectivity index is 1.57. The van der Waals surface area contributed by atoms with Gasteiger partial charge in [-0.25, -0.2) is 15.0 Å². The lowest BCUT2D eigenvalue weighted by Crippen LogP contribution is -2.27. The zero-order valence-corrected chi connectivity index (χ0v) is 16.4. The van der Waals surface area contributed by atoms with Gasteiger partial charge in [0.15, 0.2) is 0 Å². The van der Waals surface area contributed by atoms with Gasteiger partial charge in [-0.2, -0.15) is 13.2 Å². The highest BCUT2D eigenvalue weighted by atomic mass is 32.1. The van der Waals surface area contributed by atoms with Crippen LogP contribution in [0.4, 0.5) is 24.8 Å². The molecule has 1 aromatic carbocycles. The van der Waals surface area contributed by atoms with Crippen LogP contribution in [-0.2, 0) is 11.8 Å². The molecule has 9 heteroatoms. The predicted molar refractivity (Wildman–Crippen MR) is 105 cm³/mol. The number of aliphatic hydroxyl groups is 1. The number of alkyl halides is 3. The first kappa shape index (κ1) is 19.8. The lowest BCUT2D eigenvalue weighted by Gasteiger charge is -2.24. The largest absolute Gasteiger partial charge is 0.433 e. The van der Waals surface area contributed by atoms with Crippen molar-refractivity contribution in [1.82, 2.24) is 15.0 Å². The van der Waals surface area contributed by atoms with Crippen LogP contribution < -0.4 is 5.32 Å². The van der Waals surface area contributed by atoms with E-state index in [-0.39, 0.29) is 11.9 Å². The number of thiazole rings is 1. The van der Waals surface area contributed by atoms with Gasteiger partial charge in [0, 0.05) is 18.1 Å². The molecule has 2 atom stereocenters. The zero-order valence-electron chi connectivity index (χ0n) is 15.6. The molecule has 152 valence electrons. The smallest absolute Gasteiger partial charge is 0.382 e. The van der Waals surface area contributed by atoms with Gasteiger partial charge in [0.25, 0.3) is 0 Å². The minimum atomic E-state index is -4.53. The summed E-state index contributed by atoms with van der Waals surface area (Å²) in [5.74, 6) is 0.0311. The highest BCUT2D eigenvalue weighted by Crippen LogP contribution is 2.45. The highest BCUT2D eigenvalue weighted by Gasteiger charge is 2.42. The van der Waals surface area contributed by atoms with E-state index in [1.165, 1.54) is 11.3 Å². The standard InChI is InChI=1S/C20H19F3N4OS/c1-12-4-3-8-19(12,28)17-25-11-15(29-17)13-5-2-6-14(10-13)26-18-24-9-7-16(27-18)20(21,22)23/h2,5-7,9-12,28H,3-4,8H2,1H3,(H,24,26,27). The zero-order chi connectivity index (χ0) is 20.6. The molecule has 4 rings (SSSR count). The van der Waals surface area contributed by atoms with E-state index in [0.29, 0.717) is 17.1 Å². The number of aromatic nitrogens is 3. The van der Waals surface area contributed by atoms with Gasteiger partial charge in [-0.15, -0.1) is 11.3 Å². The number of anilines is 2. The average Bonchev–Trinajstić information content (AvgIpc) is 3.30. The van der Waals surface area contributed by atoms with Crippen LogP contribution in [0.3, 0.4) is 0 Å². The summed E-state index contributed by atoms with van der Waals surface area (Å²) in [5.41, 5.74) is -0.480. The van der Waals surface area contributed by atoms with Crippen molar-refractivity contribution >= 4 is 23.0 Å². The van der Waals surface area contributed by atoms with Crippen molar-refractivity contribution in [3.8, 4) is 10.4 Å². The molecular weight excluding hydrogens is 401 g/mol. The van der Waals surface area contributed by atoms with E-state index in [0.717, 1.165) is 35.5 Å². The highest BCUT2D eigenvalue weighted by molar-refractivity contribution is 7.15. The number of halogens is 3. The third kappa shape index (κ3) is 3.97. The van der Waals surface area contributed by atoms with Gasteiger partial charge in [-0.1, -0.05) is 19.1 Å². The number of nitrogens with one attached hydrogen (secondary N) is 1. The first-order valence-corrected chi connectivity index (χ1v) is 10.0. The lowest BCUT2D eigenvalue weighted by molar-refractivity contribution is -0.141. The van der Waals surface area contributed by atoms with Crippen molar-refractivity contribution in [3.63, 3.8) is 0 Å². The Labute approximate surface area is 169 Å². The maximum atomic E-state index is 12.8. The Kier molecular flexibility index (Phi) is 5.04.